The fraction of sp³-hybridized carbons (Fsp3) is 0.333. The van der Waals surface area contributed by atoms with E-state index in [9.17, 15) is 17.6 Å². The molecule has 0 atom stereocenters. The maximum absolute atomic E-state index is 12.4. The van der Waals surface area contributed by atoms with Crippen molar-refractivity contribution in [2.24, 2.45) is 0 Å². The second-order valence-electron chi connectivity index (χ2n) is 2.96. The first-order valence-electron chi connectivity index (χ1n) is 4.11. The Morgan fingerprint density at radius 1 is 1.20 bits per heavy atom. The van der Waals surface area contributed by atoms with E-state index in [0.717, 1.165) is 0 Å². The molecule has 0 spiro atoms. The van der Waals surface area contributed by atoms with E-state index < -0.39 is 18.9 Å². The van der Waals surface area contributed by atoms with Gasteiger partial charge >= 0.3 is 12.3 Å². The summed E-state index contributed by atoms with van der Waals surface area (Å²) in [6.07, 6.45) is -3.69. The van der Waals surface area contributed by atoms with Crippen molar-refractivity contribution in [2.75, 3.05) is 11.9 Å². The molecule has 84 valence electrons. The number of nitrogens with one attached hydrogen (secondary N) is 1. The van der Waals surface area contributed by atoms with Gasteiger partial charge in [-0.05, 0) is 24.3 Å². The van der Waals surface area contributed by atoms with Crippen molar-refractivity contribution in [3.05, 3.63) is 24.3 Å². The maximum atomic E-state index is 12.4. The number of hydrogen-bond donors (Lipinski definition) is 2. The summed E-state index contributed by atoms with van der Waals surface area (Å²) in [6, 6.07) is 5.17. The van der Waals surface area contributed by atoms with Crippen LogP contribution in [0.15, 0.2) is 24.3 Å². The number of hydrogen-bond acceptors (Lipinski definition) is 2. The Labute approximate surface area is 83.5 Å². The van der Waals surface area contributed by atoms with Crippen LogP contribution in [0.5, 0.6) is 5.75 Å². The summed E-state index contributed by atoms with van der Waals surface area (Å²) in [4.78, 5) is 0. The van der Waals surface area contributed by atoms with Crippen LogP contribution in [-0.4, -0.2) is 24.0 Å². The molecule has 0 aromatic heterocycles. The van der Waals surface area contributed by atoms with Gasteiger partial charge in [0.2, 0.25) is 0 Å². The highest BCUT2D eigenvalue weighted by atomic mass is 19.3. The van der Waals surface area contributed by atoms with Crippen LogP contribution >= 0.6 is 0 Å². The van der Waals surface area contributed by atoms with Gasteiger partial charge in [-0.3, -0.25) is 0 Å². The van der Waals surface area contributed by atoms with Crippen molar-refractivity contribution in [1.29, 1.82) is 0 Å². The average Bonchev–Trinajstić information content (AvgIpc) is 2.17. The van der Waals surface area contributed by atoms with Crippen molar-refractivity contribution in [2.45, 2.75) is 12.3 Å². The Morgan fingerprint density at radius 3 is 2.20 bits per heavy atom. The molecule has 0 aliphatic heterocycles. The number of aromatic hydroxyl groups is 1. The first-order chi connectivity index (χ1) is 6.92. The predicted octanol–water partition coefficient (Wildman–Crippen LogP) is 2.70. The Hall–Kier alpha value is -1.46. The summed E-state index contributed by atoms with van der Waals surface area (Å²) in [5.74, 6) is -4.08. The SMILES string of the molecule is Oc1ccc(NCC(F)(F)C(F)F)cc1. The Balaban J connectivity index is 2.54. The van der Waals surface area contributed by atoms with Gasteiger partial charge in [-0.15, -0.1) is 0 Å². The summed E-state index contributed by atoms with van der Waals surface area (Å²) >= 11 is 0. The molecular weight excluding hydrogens is 214 g/mol. The van der Waals surface area contributed by atoms with Crippen LogP contribution in [0, 0.1) is 0 Å². The van der Waals surface area contributed by atoms with Gasteiger partial charge in [0.15, 0.2) is 0 Å². The highest BCUT2D eigenvalue weighted by Gasteiger charge is 2.40. The zero-order valence-electron chi connectivity index (χ0n) is 7.55. The second-order valence-corrected chi connectivity index (χ2v) is 2.96. The molecule has 1 rings (SSSR count). The van der Waals surface area contributed by atoms with E-state index >= 15 is 0 Å². The highest BCUT2D eigenvalue weighted by molar-refractivity contribution is 5.46. The summed E-state index contributed by atoms with van der Waals surface area (Å²) in [7, 11) is 0. The van der Waals surface area contributed by atoms with E-state index in [4.69, 9.17) is 5.11 Å². The molecule has 0 heterocycles. The van der Waals surface area contributed by atoms with Gasteiger partial charge in [0.05, 0.1) is 6.54 Å². The molecule has 0 bridgehead atoms. The van der Waals surface area contributed by atoms with E-state index in [1.54, 1.807) is 0 Å². The molecule has 1 aromatic carbocycles. The highest BCUT2D eigenvalue weighted by Crippen LogP contribution is 2.23. The molecule has 0 radical (unpaired) electrons. The first-order valence-corrected chi connectivity index (χ1v) is 4.11. The van der Waals surface area contributed by atoms with Gasteiger partial charge < -0.3 is 10.4 Å². The Morgan fingerprint density at radius 2 is 1.73 bits per heavy atom. The first kappa shape index (κ1) is 11.6. The fourth-order valence-electron chi connectivity index (χ4n) is 0.876. The van der Waals surface area contributed by atoms with Crippen LogP contribution in [0.4, 0.5) is 23.2 Å². The molecule has 0 aliphatic carbocycles. The van der Waals surface area contributed by atoms with E-state index in [1.807, 2.05) is 0 Å². The van der Waals surface area contributed by atoms with Gasteiger partial charge in [0.25, 0.3) is 0 Å². The van der Waals surface area contributed by atoms with E-state index in [0.29, 0.717) is 0 Å². The summed E-state index contributed by atoms with van der Waals surface area (Å²) in [6.45, 7) is -1.14. The normalized spacial score (nSPS) is 11.8. The standard InChI is InChI=1S/C9H9F4NO/c10-8(11)9(12,13)5-14-6-1-3-7(15)4-2-6/h1-4,8,14-15H,5H2. The van der Waals surface area contributed by atoms with Gasteiger partial charge in [-0.25, -0.2) is 8.78 Å². The zero-order valence-corrected chi connectivity index (χ0v) is 7.55. The largest absolute Gasteiger partial charge is 0.508 e. The number of halogens is 4. The van der Waals surface area contributed by atoms with Crippen molar-refractivity contribution < 1.29 is 22.7 Å². The van der Waals surface area contributed by atoms with Gasteiger partial charge in [0.1, 0.15) is 5.75 Å². The molecule has 6 heteroatoms. The smallest absolute Gasteiger partial charge is 0.324 e. The lowest BCUT2D eigenvalue weighted by atomic mass is 10.3. The van der Waals surface area contributed by atoms with Crippen molar-refractivity contribution in [3.63, 3.8) is 0 Å². The number of alkyl halides is 4. The van der Waals surface area contributed by atoms with Crippen molar-refractivity contribution in [1.82, 2.24) is 0 Å². The summed E-state index contributed by atoms with van der Waals surface area (Å²) < 4.78 is 48.4. The molecule has 0 saturated heterocycles. The lowest BCUT2D eigenvalue weighted by Gasteiger charge is -2.16. The number of anilines is 1. The topological polar surface area (TPSA) is 32.3 Å². The number of rotatable bonds is 4. The van der Waals surface area contributed by atoms with Crippen LogP contribution in [0.1, 0.15) is 0 Å². The molecule has 15 heavy (non-hydrogen) atoms. The second kappa shape index (κ2) is 4.37. The summed E-state index contributed by atoms with van der Waals surface area (Å²) in [5.41, 5.74) is 0.244. The maximum Gasteiger partial charge on any atom is 0.324 e. The lowest BCUT2D eigenvalue weighted by molar-refractivity contribution is -0.117. The number of phenols is 1. The molecule has 0 unspecified atom stereocenters. The fourth-order valence-corrected chi connectivity index (χ4v) is 0.876. The molecule has 2 N–H and O–H groups in total. The zero-order chi connectivity index (χ0) is 11.5. The van der Waals surface area contributed by atoms with E-state index in [-0.39, 0.29) is 11.4 Å². The number of benzene rings is 1. The van der Waals surface area contributed by atoms with Crippen LogP contribution < -0.4 is 5.32 Å². The van der Waals surface area contributed by atoms with E-state index in [2.05, 4.69) is 5.32 Å². The van der Waals surface area contributed by atoms with Crippen LogP contribution in [0.3, 0.4) is 0 Å². The van der Waals surface area contributed by atoms with Crippen LogP contribution in [-0.2, 0) is 0 Å². The van der Waals surface area contributed by atoms with E-state index in [1.165, 1.54) is 24.3 Å². The Bertz CT molecular complexity index is 312. The number of phenolic OH excluding ortho intramolecular Hbond substituents is 1. The Kier molecular flexibility index (Phi) is 3.39. The minimum atomic E-state index is -4.06. The lowest BCUT2D eigenvalue weighted by Crippen LogP contribution is -2.34. The third kappa shape index (κ3) is 3.30. The third-order valence-electron chi connectivity index (χ3n) is 1.71. The van der Waals surface area contributed by atoms with Gasteiger partial charge in [0, 0.05) is 5.69 Å². The summed E-state index contributed by atoms with van der Waals surface area (Å²) in [5, 5.41) is 11.0. The quantitative estimate of drug-likeness (QED) is 0.607. The predicted molar refractivity (Wildman–Crippen MR) is 47.5 cm³/mol. The molecule has 0 fully saturated rings. The molecular formula is C9H9F4NO. The van der Waals surface area contributed by atoms with Crippen molar-refractivity contribution in [3.8, 4) is 5.75 Å². The van der Waals surface area contributed by atoms with Crippen LogP contribution in [0.2, 0.25) is 0 Å². The molecule has 0 saturated carbocycles. The van der Waals surface area contributed by atoms with Gasteiger partial charge in [-0.2, -0.15) is 8.78 Å². The molecule has 0 aliphatic rings. The third-order valence-corrected chi connectivity index (χ3v) is 1.71. The molecule has 1 aromatic rings. The molecule has 2 nitrogen and oxygen atoms in total. The van der Waals surface area contributed by atoms with Crippen molar-refractivity contribution >= 4 is 5.69 Å². The van der Waals surface area contributed by atoms with Crippen LogP contribution in [0.25, 0.3) is 0 Å². The minimum Gasteiger partial charge on any atom is -0.508 e. The molecule has 0 amide bonds. The van der Waals surface area contributed by atoms with Gasteiger partial charge in [-0.1, -0.05) is 0 Å². The minimum absolute atomic E-state index is 0.0267. The monoisotopic (exact) mass is 223 g/mol. The average molecular weight is 223 g/mol.